The molecule has 10 heteroatoms. The topological polar surface area (TPSA) is 92.0 Å². The fourth-order valence-corrected chi connectivity index (χ4v) is 4.54. The van der Waals surface area contributed by atoms with E-state index in [-0.39, 0.29) is 18.1 Å². The van der Waals surface area contributed by atoms with Crippen LogP contribution in [0.3, 0.4) is 0 Å². The molecule has 0 N–H and O–H groups in total. The first kappa shape index (κ1) is 28.1. The molecule has 0 saturated carbocycles. The van der Waals surface area contributed by atoms with Crippen molar-refractivity contribution in [3.8, 4) is 11.5 Å². The van der Waals surface area contributed by atoms with Crippen LogP contribution in [0.2, 0.25) is 0 Å². The molecule has 0 radical (unpaired) electrons. The van der Waals surface area contributed by atoms with Crippen LogP contribution >= 0.6 is 38.5 Å². The predicted molar refractivity (Wildman–Crippen MR) is 152 cm³/mol. The molecule has 0 bridgehead atoms. The molecule has 192 valence electrons. The van der Waals surface area contributed by atoms with E-state index in [1.54, 1.807) is 32.2 Å². The van der Waals surface area contributed by atoms with E-state index in [9.17, 15) is 9.59 Å². The van der Waals surface area contributed by atoms with Crippen LogP contribution < -0.4 is 15.0 Å². The van der Waals surface area contributed by atoms with Crippen molar-refractivity contribution in [2.75, 3.05) is 13.2 Å². The molecule has 0 fully saturated rings. The maximum absolute atomic E-state index is 13.4. The average Bonchev–Trinajstić information content (AvgIpc) is 2.85. The van der Waals surface area contributed by atoms with Gasteiger partial charge in [0, 0.05) is 10.4 Å². The van der Waals surface area contributed by atoms with Gasteiger partial charge in [-0.15, -0.1) is 0 Å². The fourth-order valence-electron chi connectivity index (χ4n) is 3.43. The van der Waals surface area contributed by atoms with Gasteiger partial charge in [-0.3, -0.25) is 4.79 Å². The molecule has 1 aromatic heterocycles. The minimum Gasteiger partial charge on any atom is -0.490 e. The summed E-state index contributed by atoms with van der Waals surface area (Å²) < 4.78 is 19.6. The summed E-state index contributed by atoms with van der Waals surface area (Å²) >= 11 is 5.55. The fraction of sp³-hybridized carbons (Fsp3) is 0.385. The minimum absolute atomic E-state index is 0.0298. The van der Waals surface area contributed by atoms with Crippen molar-refractivity contribution < 1.29 is 19.0 Å². The number of hydrogen-bond acceptors (Lipinski definition) is 7. The van der Waals surface area contributed by atoms with Crippen LogP contribution in [0.4, 0.5) is 0 Å². The van der Waals surface area contributed by atoms with Crippen LogP contribution in [-0.2, 0) is 9.53 Å². The molecule has 2 aromatic carbocycles. The average molecular weight is 670 g/mol. The number of rotatable bonds is 10. The smallest absolute Gasteiger partial charge is 0.347 e. The number of hydrogen-bond donors (Lipinski definition) is 0. The molecular formula is C26H29BrIN3O5. The number of fused-ring (bicyclic) bond motifs is 1. The van der Waals surface area contributed by atoms with Crippen molar-refractivity contribution in [2.45, 2.75) is 53.1 Å². The lowest BCUT2D eigenvalue weighted by Crippen LogP contribution is -2.26. The van der Waals surface area contributed by atoms with Gasteiger partial charge in [0.15, 0.2) is 17.6 Å². The highest BCUT2D eigenvalue weighted by Gasteiger charge is 2.21. The zero-order chi connectivity index (χ0) is 26.4. The van der Waals surface area contributed by atoms with Crippen LogP contribution in [0.5, 0.6) is 11.5 Å². The Morgan fingerprint density at radius 1 is 1.19 bits per heavy atom. The first-order valence-corrected chi connectivity index (χ1v) is 13.6. The molecule has 0 saturated heterocycles. The lowest BCUT2D eigenvalue weighted by atomic mass is 10.1. The molecule has 2 atom stereocenters. The molecular weight excluding hydrogens is 641 g/mol. The summed E-state index contributed by atoms with van der Waals surface area (Å²) in [6.07, 6.45) is 1.61. The van der Waals surface area contributed by atoms with Gasteiger partial charge in [0.25, 0.3) is 5.56 Å². The second-order valence-corrected chi connectivity index (χ2v) is 10.2. The van der Waals surface area contributed by atoms with Crippen molar-refractivity contribution in [3.63, 3.8) is 0 Å². The lowest BCUT2D eigenvalue weighted by molar-refractivity contribution is -0.150. The Morgan fingerprint density at radius 2 is 1.94 bits per heavy atom. The summed E-state index contributed by atoms with van der Waals surface area (Å²) in [7, 11) is 0. The van der Waals surface area contributed by atoms with Crippen LogP contribution in [-0.4, -0.2) is 41.2 Å². The molecule has 3 rings (SSSR count). The van der Waals surface area contributed by atoms with Gasteiger partial charge in [-0.05, 0) is 85.7 Å². The summed E-state index contributed by atoms with van der Waals surface area (Å²) in [5, 5.41) is 5.02. The maximum atomic E-state index is 13.4. The van der Waals surface area contributed by atoms with Crippen molar-refractivity contribution >= 4 is 61.6 Å². The van der Waals surface area contributed by atoms with Crippen molar-refractivity contribution in [1.29, 1.82) is 0 Å². The Bertz CT molecular complexity index is 1340. The summed E-state index contributed by atoms with van der Waals surface area (Å²) in [5.74, 6) is 1.09. The molecule has 0 unspecified atom stereocenters. The van der Waals surface area contributed by atoms with Gasteiger partial charge >= 0.3 is 5.97 Å². The molecule has 36 heavy (non-hydrogen) atoms. The standard InChI is InChI=1S/C26H29BrIN3O5/c1-6-15(4)24-30-21-10-9-18(27)13-19(21)25(32)31(24)29-14-17-11-20(28)23(22(12-17)34-7-2)36-16(5)26(33)35-8-3/h9-16H,6-8H2,1-5H3/t15-,16+/m1/s1. The summed E-state index contributed by atoms with van der Waals surface area (Å²) in [6, 6.07) is 9.06. The molecule has 0 aliphatic rings. The number of ether oxygens (including phenoxy) is 3. The van der Waals surface area contributed by atoms with Gasteiger partial charge in [-0.2, -0.15) is 9.78 Å². The second kappa shape index (κ2) is 12.7. The second-order valence-electron chi connectivity index (χ2n) is 8.08. The van der Waals surface area contributed by atoms with Gasteiger partial charge in [0.2, 0.25) is 0 Å². The molecule has 0 spiro atoms. The Hall–Kier alpha value is -2.47. The predicted octanol–water partition coefficient (Wildman–Crippen LogP) is 5.89. The number of nitrogens with zero attached hydrogens (tertiary/aromatic N) is 3. The van der Waals surface area contributed by atoms with E-state index in [2.05, 4.69) is 43.6 Å². The highest BCUT2D eigenvalue weighted by molar-refractivity contribution is 14.1. The Labute approximate surface area is 232 Å². The van der Waals surface area contributed by atoms with E-state index in [1.807, 2.05) is 39.0 Å². The van der Waals surface area contributed by atoms with E-state index in [0.29, 0.717) is 40.4 Å². The maximum Gasteiger partial charge on any atom is 0.347 e. The minimum atomic E-state index is -0.795. The van der Waals surface area contributed by atoms with Crippen molar-refractivity contribution in [1.82, 2.24) is 9.66 Å². The lowest BCUT2D eigenvalue weighted by Gasteiger charge is -2.18. The number of esters is 1. The first-order chi connectivity index (χ1) is 17.2. The monoisotopic (exact) mass is 669 g/mol. The summed E-state index contributed by atoms with van der Waals surface area (Å²) in [4.78, 5) is 30.2. The molecule has 0 aliphatic heterocycles. The van der Waals surface area contributed by atoms with E-state index in [4.69, 9.17) is 19.2 Å². The first-order valence-electron chi connectivity index (χ1n) is 11.8. The van der Waals surface area contributed by atoms with E-state index in [0.717, 1.165) is 14.5 Å². The van der Waals surface area contributed by atoms with Crippen molar-refractivity contribution in [3.05, 3.63) is 60.1 Å². The van der Waals surface area contributed by atoms with Crippen LogP contribution in [0.25, 0.3) is 10.9 Å². The van der Waals surface area contributed by atoms with Crippen LogP contribution in [0, 0.1) is 3.57 Å². The third-order valence-electron chi connectivity index (χ3n) is 5.45. The summed E-state index contributed by atoms with van der Waals surface area (Å²) in [6.45, 7) is 9.98. The number of benzene rings is 2. The SMILES string of the molecule is CCOC(=O)[C@H](C)Oc1c(I)cc(C=Nn2c([C@H](C)CC)nc3ccc(Br)cc3c2=O)cc1OCC. The zero-order valence-corrected chi connectivity index (χ0v) is 24.6. The summed E-state index contributed by atoms with van der Waals surface area (Å²) in [5.41, 5.74) is 1.10. The molecule has 0 amide bonds. The van der Waals surface area contributed by atoms with E-state index < -0.39 is 12.1 Å². The van der Waals surface area contributed by atoms with Gasteiger partial charge in [0.1, 0.15) is 5.82 Å². The normalized spacial score (nSPS) is 13.1. The highest BCUT2D eigenvalue weighted by Crippen LogP contribution is 2.35. The third kappa shape index (κ3) is 6.44. The zero-order valence-electron chi connectivity index (χ0n) is 20.9. The molecule has 0 aliphatic carbocycles. The molecule has 3 aromatic rings. The molecule has 1 heterocycles. The number of carbonyl (C=O) groups excluding carboxylic acids is 1. The van der Waals surface area contributed by atoms with Crippen molar-refractivity contribution in [2.24, 2.45) is 5.10 Å². The van der Waals surface area contributed by atoms with E-state index in [1.165, 1.54) is 4.68 Å². The third-order valence-corrected chi connectivity index (χ3v) is 6.75. The Morgan fingerprint density at radius 3 is 2.61 bits per heavy atom. The van der Waals surface area contributed by atoms with Gasteiger partial charge in [0.05, 0.1) is 33.9 Å². The van der Waals surface area contributed by atoms with Crippen LogP contribution in [0.1, 0.15) is 58.3 Å². The number of aromatic nitrogens is 2. The largest absolute Gasteiger partial charge is 0.490 e. The highest BCUT2D eigenvalue weighted by atomic mass is 127. The number of carbonyl (C=O) groups is 1. The van der Waals surface area contributed by atoms with Gasteiger partial charge < -0.3 is 14.2 Å². The van der Waals surface area contributed by atoms with Gasteiger partial charge in [-0.25, -0.2) is 9.78 Å². The van der Waals surface area contributed by atoms with E-state index >= 15 is 0 Å². The Kier molecular flexibility index (Phi) is 9.89. The Balaban J connectivity index is 2.06. The quantitative estimate of drug-likeness (QED) is 0.152. The van der Waals surface area contributed by atoms with Gasteiger partial charge in [-0.1, -0.05) is 29.8 Å². The molecule has 8 nitrogen and oxygen atoms in total. The number of halogens is 2. The van der Waals surface area contributed by atoms with Crippen LogP contribution in [0.15, 0.2) is 44.7 Å².